The van der Waals surface area contributed by atoms with Crippen LogP contribution in [0.25, 0.3) is 0 Å². The summed E-state index contributed by atoms with van der Waals surface area (Å²) in [6, 6.07) is 0. The van der Waals surface area contributed by atoms with E-state index in [0.717, 1.165) is 11.8 Å². The van der Waals surface area contributed by atoms with Gasteiger partial charge in [-0.05, 0) is 56.0 Å². The Hall–Kier alpha value is 0.177. The molecule has 0 spiro atoms. The fourth-order valence-electron chi connectivity index (χ4n) is 3.89. The van der Waals surface area contributed by atoms with Crippen LogP contribution in [0.15, 0.2) is 0 Å². The Labute approximate surface area is 103 Å². The van der Waals surface area contributed by atoms with Crippen molar-refractivity contribution >= 4 is 9.04 Å². The van der Waals surface area contributed by atoms with Crippen LogP contribution in [0.5, 0.6) is 0 Å². The van der Waals surface area contributed by atoms with Crippen LogP contribution in [0.4, 0.5) is 0 Å². The van der Waals surface area contributed by atoms with Crippen molar-refractivity contribution < 1.29 is 4.43 Å². The zero-order valence-corrected chi connectivity index (χ0v) is 12.8. The first-order valence-electron chi connectivity index (χ1n) is 7.01. The first-order valence-corrected chi connectivity index (χ1v) is 9.79. The van der Waals surface area contributed by atoms with Crippen molar-refractivity contribution in [1.29, 1.82) is 0 Å². The highest BCUT2D eigenvalue weighted by atomic mass is 28.3. The van der Waals surface area contributed by atoms with Crippen LogP contribution < -0.4 is 0 Å². The lowest BCUT2D eigenvalue weighted by Gasteiger charge is -2.34. The van der Waals surface area contributed by atoms with Gasteiger partial charge in [0.15, 0.2) is 9.04 Å². The van der Waals surface area contributed by atoms with Gasteiger partial charge in [0.2, 0.25) is 0 Å². The molecule has 0 radical (unpaired) electrons. The largest absolute Gasteiger partial charge is 0.415 e. The van der Waals surface area contributed by atoms with Crippen molar-refractivity contribution in [2.24, 2.45) is 17.3 Å². The van der Waals surface area contributed by atoms with E-state index >= 15 is 0 Å². The lowest BCUT2D eigenvalue weighted by Crippen LogP contribution is -2.37. The molecule has 0 aromatic heterocycles. The second-order valence-corrected chi connectivity index (χ2v) is 9.66. The third kappa shape index (κ3) is 2.24. The van der Waals surface area contributed by atoms with E-state index in [0.29, 0.717) is 11.0 Å². The summed E-state index contributed by atoms with van der Waals surface area (Å²) in [5.74, 6) is 1.76. The summed E-state index contributed by atoms with van der Waals surface area (Å²) in [4.78, 5) is 0. The smallest absolute Gasteiger partial charge is 0.171 e. The molecule has 0 aliphatic heterocycles. The Balaban J connectivity index is 2.12. The molecule has 0 amide bonds. The van der Waals surface area contributed by atoms with Crippen molar-refractivity contribution in [1.82, 2.24) is 0 Å². The molecule has 2 aliphatic carbocycles. The van der Waals surface area contributed by atoms with E-state index in [4.69, 9.17) is 4.43 Å². The zero-order chi connectivity index (χ0) is 12.0. The lowest BCUT2D eigenvalue weighted by atomic mass is 9.78. The number of hydrogen-bond acceptors (Lipinski definition) is 1. The van der Waals surface area contributed by atoms with E-state index in [1.165, 1.54) is 32.1 Å². The van der Waals surface area contributed by atoms with Gasteiger partial charge in [-0.2, -0.15) is 0 Å². The van der Waals surface area contributed by atoms with Crippen molar-refractivity contribution in [3.63, 3.8) is 0 Å². The van der Waals surface area contributed by atoms with Gasteiger partial charge in [0.25, 0.3) is 0 Å². The molecule has 1 nitrogen and oxygen atoms in total. The molecule has 2 rings (SSSR count). The molecule has 3 unspecified atom stereocenters. The fourth-order valence-corrected chi connectivity index (χ4v) is 5.24. The number of rotatable bonds is 2. The van der Waals surface area contributed by atoms with Crippen LogP contribution in [-0.2, 0) is 4.43 Å². The summed E-state index contributed by atoms with van der Waals surface area (Å²) in [5.41, 5.74) is 0.789. The van der Waals surface area contributed by atoms with Crippen LogP contribution in [0.2, 0.25) is 13.1 Å². The Bertz CT molecular complexity index is 256. The molecule has 94 valence electrons. The Morgan fingerprint density at radius 1 is 1.25 bits per heavy atom. The van der Waals surface area contributed by atoms with Crippen LogP contribution in [0, 0.1) is 17.3 Å². The van der Waals surface area contributed by atoms with Gasteiger partial charge in [-0.25, -0.2) is 0 Å². The Morgan fingerprint density at radius 3 is 2.50 bits per heavy atom. The van der Waals surface area contributed by atoms with Gasteiger partial charge in [0.05, 0.1) is 5.60 Å². The molecule has 2 fully saturated rings. The molecule has 0 bridgehead atoms. The van der Waals surface area contributed by atoms with Gasteiger partial charge in [-0.1, -0.05) is 27.2 Å². The molecular weight excluding hydrogens is 212 g/mol. The van der Waals surface area contributed by atoms with Crippen LogP contribution >= 0.6 is 0 Å². The summed E-state index contributed by atoms with van der Waals surface area (Å²) < 4.78 is 6.49. The summed E-state index contributed by atoms with van der Waals surface area (Å²) >= 11 is 0. The van der Waals surface area contributed by atoms with E-state index in [-0.39, 0.29) is 0 Å². The quantitative estimate of drug-likeness (QED) is 0.663. The van der Waals surface area contributed by atoms with Gasteiger partial charge in [0, 0.05) is 0 Å². The Morgan fingerprint density at radius 2 is 1.94 bits per heavy atom. The van der Waals surface area contributed by atoms with E-state index in [2.05, 4.69) is 33.9 Å². The molecule has 0 aromatic rings. The van der Waals surface area contributed by atoms with Crippen molar-refractivity contribution in [2.75, 3.05) is 0 Å². The van der Waals surface area contributed by atoms with Gasteiger partial charge in [0.1, 0.15) is 0 Å². The monoisotopic (exact) mass is 240 g/mol. The van der Waals surface area contributed by atoms with E-state index < -0.39 is 9.04 Å². The Kier molecular flexibility index (Phi) is 3.26. The van der Waals surface area contributed by atoms with Crippen molar-refractivity contribution in [3.05, 3.63) is 0 Å². The summed E-state index contributed by atoms with van der Waals surface area (Å²) in [5, 5.41) is 0. The second-order valence-electron chi connectivity index (χ2n) is 7.32. The third-order valence-electron chi connectivity index (χ3n) is 4.75. The summed E-state index contributed by atoms with van der Waals surface area (Å²) in [6.07, 6.45) is 6.93. The number of fused-ring (bicyclic) bond motifs is 1. The highest BCUT2D eigenvalue weighted by Gasteiger charge is 2.53. The minimum atomic E-state index is -0.888. The molecule has 0 saturated heterocycles. The van der Waals surface area contributed by atoms with Gasteiger partial charge in [-0.15, -0.1) is 0 Å². The van der Waals surface area contributed by atoms with Gasteiger partial charge < -0.3 is 4.43 Å². The SMILES string of the molecule is C[SiH](C)OC12CCCC1CC(C(C)(C)C)C2. The van der Waals surface area contributed by atoms with Crippen LogP contribution in [0.3, 0.4) is 0 Å². The van der Waals surface area contributed by atoms with Crippen LogP contribution in [-0.4, -0.2) is 14.6 Å². The summed E-state index contributed by atoms with van der Waals surface area (Å²) in [7, 11) is -0.888. The van der Waals surface area contributed by atoms with Crippen molar-refractivity contribution in [2.45, 2.75) is 71.6 Å². The molecule has 0 N–H and O–H groups in total. The highest BCUT2D eigenvalue weighted by Crippen LogP contribution is 2.56. The van der Waals surface area contributed by atoms with Crippen molar-refractivity contribution in [3.8, 4) is 0 Å². The standard InChI is InChI=1S/C14H28OSi/c1-13(2,3)12-9-11-7-6-8-14(11,10-12)15-16(4)5/h11-12,16H,6-10H2,1-5H3. The van der Waals surface area contributed by atoms with E-state index in [1.807, 2.05) is 0 Å². The molecule has 0 heterocycles. The zero-order valence-electron chi connectivity index (χ0n) is 11.7. The molecule has 16 heavy (non-hydrogen) atoms. The predicted octanol–water partition coefficient (Wildman–Crippen LogP) is 3.98. The molecular formula is C14H28OSi. The topological polar surface area (TPSA) is 9.23 Å². The van der Waals surface area contributed by atoms with E-state index in [1.54, 1.807) is 0 Å². The molecule has 2 saturated carbocycles. The number of hydrogen-bond donors (Lipinski definition) is 0. The van der Waals surface area contributed by atoms with Crippen LogP contribution in [0.1, 0.15) is 52.9 Å². The lowest BCUT2D eigenvalue weighted by molar-refractivity contribution is 0.0428. The second kappa shape index (κ2) is 4.13. The third-order valence-corrected chi connectivity index (χ3v) is 5.69. The minimum absolute atomic E-state index is 0.318. The first kappa shape index (κ1) is 12.6. The first-order chi connectivity index (χ1) is 7.33. The maximum Gasteiger partial charge on any atom is 0.171 e. The summed E-state index contributed by atoms with van der Waals surface area (Å²) in [6.45, 7) is 11.9. The average molecular weight is 240 g/mol. The normalized spacial score (nSPS) is 39.4. The molecule has 3 atom stereocenters. The fraction of sp³-hybridized carbons (Fsp3) is 1.00. The highest BCUT2D eigenvalue weighted by molar-refractivity contribution is 6.48. The predicted molar refractivity (Wildman–Crippen MR) is 72.2 cm³/mol. The average Bonchev–Trinajstić information content (AvgIpc) is 2.56. The molecule has 2 aliphatic rings. The maximum atomic E-state index is 6.49. The van der Waals surface area contributed by atoms with Gasteiger partial charge >= 0.3 is 0 Å². The van der Waals surface area contributed by atoms with E-state index in [9.17, 15) is 0 Å². The minimum Gasteiger partial charge on any atom is -0.415 e. The molecule has 0 aromatic carbocycles. The van der Waals surface area contributed by atoms with Gasteiger partial charge in [-0.3, -0.25) is 0 Å². The maximum absolute atomic E-state index is 6.49. The molecule has 2 heteroatoms.